The van der Waals surface area contributed by atoms with Gasteiger partial charge >= 0.3 is 5.97 Å². The Kier molecular flexibility index (Phi) is 5.62. The standard InChI is InChI=1S/C19H24N4O5/c1-9(2)6-14(19(26)27)21-15(24)8-20-17(25)12-7-13(11-4-5-11)22-18-16(12)10(3)23-28-18/h7,9,11,14H,4-6,8H2,1-3H3,(H,20,25)(H,21,24)(H,26,27)/t14-/m0/s1. The van der Waals surface area contributed by atoms with Gasteiger partial charge in [0.2, 0.25) is 5.91 Å². The van der Waals surface area contributed by atoms with Gasteiger partial charge in [0.1, 0.15) is 6.04 Å². The highest BCUT2D eigenvalue weighted by Gasteiger charge is 2.29. The fourth-order valence-corrected chi connectivity index (χ4v) is 3.08. The molecule has 1 aliphatic carbocycles. The van der Waals surface area contributed by atoms with Crippen LogP contribution in [0.15, 0.2) is 10.6 Å². The first kappa shape index (κ1) is 19.8. The molecule has 1 fully saturated rings. The monoisotopic (exact) mass is 388 g/mol. The Morgan fingerprint density at radius 2 is 2.04 bits per heavy atom. The van der Waals surface area contributed by atoms with Crippen molar-refractivity contribution < 1.29 is 24.0 Å². The predicted octanol–water partition coefficient (Wildman–Crippen LogP) is 1.75. The summed E-state index contributed by atoms with van der Waals surface area (Å²) < 4.78 is 5.21. The van der Waals surface area contributed by atoms with Gasteiger partial charge in [-0.2, -0.15) is 0 Å². The van der Waals surface area contributed by atoms with Crippen molar-refractivity contribution in [3.8, 4) is 0 Å². The van der Waals surface area contributed by atoms with Gasteiger partial charge in [0, 0.05) is 11.6 Å². The summed E-state index contributed by atoms with van der Waals surface area (Å²) in [7, 11) is 0. The van der Waals surface area contributed by atoms with Gasteiger partial charge in [-0.3, -0.25) is 9.59 Å². The third-order valence-electron chi connectivity index (χ3n) is 4.63. The van der Waals surface area contributed by atoms with E-state index in [-0.39, 0.29) is 12.5 Å². The number of hydrogen-bond donors (Lipinski definition) is 3. The molecule has 3 N–H and O–H groups in total. The van der Waals surface area contributed by atoms with E-state index in [9.17, 15) is 19.5 Å². The highest BCUT2D eigenvalue weighted by Crippen LogP contribution is 2.40. The van der Waals surface area contributed by atoms with E-state index in [0.717, 1.165) is 18.5 Å². The first-order chi connectivity index (χ1) is 13.3. The van der Waals surface area contributed by atoms with Crippen LogP contribution in [0, 0.1) is 12.8 Å². The van der Waals surface area contributed by atoms with Crippen molar-refractivity contribution in [2.24, 2.45) is 5.92 Å². The van der Waals surface area contributed by atoms with Gasteiger partial charge in [-0.1, -0.05) is 19.0 Å². The number of pyridine rings is 1. The number of aliphatic carboxylic acids is 1. The second-order valence-corrected chi connectivity index (χ2v) is 7.59. The summed E-state index contributed by atoms with van der Waals surface area (Å²) in [6.07, 6.45) is 2.34. The number of rotatable bonds is 8. The normalized spacial score (nSPS) is 14.9. The number of aryl methyl sites for hydroxylation is 1. The summed E-state index contributed by atoms with van der Waals surface area (Å²) in [4.78, 5) is 40.5. The molecule has 9 heteroatoms. The molecule has 2 amide bonds. The van der Waals surface area contributed by atoms with Crippen LogP contribution in [0.3, 0.4) is 0 Å². The number of nitrogens with one attached hydrogen (secondary N) is 2. The molecule has 28 heavy (non-hydrogen) atoms. The molecule has 2 heterocycles. The van der Waals surface area contributed by atoms with Crippen LogP contribution < -0.4 is 10.6 Å². The number of aromatic nitrogens is 2. The maximum atomic E-state index is 12.7. The number of fused-ring (bicyclic) bond motifs is 1. The highest BCUT2D eigenvalue weighted by atomic mass is 16.5. The molecule has 2 aromatic heterocycles. The Labute approximate surface area is 161 Å². The summed E-state index contributed by atoms with van der Waals surface area (Å²) in [6.45, 7) is 5.14. The van der Waals surface area contributed by atoms with Crippen LogP contribution in [0.4, 0.5) is 0 Å². The Bertz CT molecular complexity index is 916. The Morgan fingerprint density at radius 1 is 1.32 bits per heavy atom. The van der Waals surface area contributed by atoms with Gasteiger partial charge in [-0.05, 0) is 38.2 Å². The van der Waals surface area contributed by atoms with Crippen molar-refractivity contribution in [1.29, 1.82) is 0 Å². The van der Waals surface area contributed by atoms with E-state index in [0.29, 0.717) is 34.7 Å². The van der Waals surface area contributed by atoms with Crippen molar-refractivity contribution >= 4 is 28.9 Å². The summed E-state index contributed by atoms with van der Waals surface area (Å²) in [6, 6.07) is 0.731. The zero-order chi connectivity index (χ0) is 20.4. The Hall–Kier alpha value is -2.97. The number of amides is 2. The fraction of sp³-hybridized carbons (Fsp3) is 0.526. The number of carbonyl (C=O) groups is 3. The van der Waals surface area contributed by atoms with Crippen LogP contribution in [0.25, 0.3) is 11.1 Å². The zero-order valence-corrected chi connectivity index (χ0v) is 16.1. The van der Waals surface area contributed by atoms with E-state index in [1.807, 2.05) is 13.8 Å². The molecule has 150 valence electrons. The number of nitrogens with zero attached hydrogens (tertiary/aromatic N) is 2. The summed E-state index contributed by atoms with van der Waals surface area (Å²) >= 11 is 0. The molecule has 1 aliphatic rings. The third kappa shape index (κ3) is 4.47. The lowest BCUT2D eigenvalue weighted by atomic mass is 10.0. The molecule has 3 rings (SSSR count). The molecule has 1 atom stereocenters. The van der Waals surface area contributed by atoms with Crippen molar-refractivity contribution in [1.82, 2.24) is 20.8 Å². The van der Waals surface area contributed by atoms with Gasteiger partial charge in [0.05, 0.1) is 23.2 Å². The maximum absolute atomic E-state index is 12.7. The van der Waals surface area contributed by atoms with Crippen LogP contribution in [0.5, 0.6) is 0 Å². The zero-order valence-electron chi connectivity index (χ0n) is 16.1. The summed E-state index contributed by atoms with van der Waals surface area (Å²) in [5.41, 5.74) is 1.98. The minimum Gasteiger partial charge on any atom is -0.480 e. The van der Waals surface area contributed by atoms with Crippen LogP contribution >= 0.6 is 0 Å². The Morgan fingerprint density at radius 3 is 2.64 bits per heavy atom. The lowest BCUT2D eigenvalue weighted by Crippen LogP contribution is -2.46. The molecular weight excluding hydrogens is 364 g/mol. The second-order valence-electron chi connectivity index (χ2n) is 7.59. The molecule has 0 spiro atoms. The lowest BCUT2D eigenvalue weighted by molar-refractivity contribution is -0.142. The molecule has 0 radical (unpaired) electrons. The second kappa shape index (κ2) is 7.95. The predicted molar refractivity (Wildman–Crippen MR) is 99.9 cm³/mol. The fourth-order valence-electron chi connectivity index (χ4n) is 3.08. The summed E-state index contributed by atoms with van der Waals surface area (Å²) in [5.74, 6) is -1.68. The van der Waals surface area contributed by atoms with Gasteiger partial charge in [-0.15, -0.1) is 0 Å². The summed E-state index contributed by atoms with van der Waals surface area (Å²) in [5, 5.41) is 18.6. The molecule has 0 aliphatic heterocycles. The van der Waals surface area contributed by atoms with Crippen LogP contribution in [-0.2, 0) is 9.59 Å². The van der Waals surface area contributed by atoms with Crippen LogP contribution in [-0.4, -0.2) is 45.6 Å². The van der Waals surface area contributed by atoms with E-state index in [4.69, 9.17) is 4.52 Å². The maximum Gasteiger partial charge on any atom is 0.326 e. The van der Waals surface area contributed by atoms with Crippen LogP contribution in [0.1, 0.15) is 60.8 Å². The number of carboxylic acids is 1. The Balaban J connectivity index is 1.70. The molecule has 0 bridgehead atoms. The molecule has 0 saturated heterocycles. The lowest BCUT2D eigenvalue weighted by Gasteiger charge is -2.16. The van der Waals surface area contributed by atoms with E-state index in [1.54, 1.807) is 13.0 Å². The van der Waals surface area contributed by atoms with E-state index < -0.39 is 23.8 Å². The first-order valence-corrected chi connectivity index (χ1v) is 9.33. The highest BCUT2D eigenvalue weighted by molar-refractivity contribution is 6.07. The minimum absolute atomic E-state index is 0.110. The average Bonchev–Trinajstić information content (AvgIpc) is 3.42. The molecular formula is C19H24N4O5. The van der Waals surface area contributed by atoms with Crippen molar-refractivity contribution in [2.45, 2.75) is 52.0 Å². The SMILES string of the molecule is Cc1noc2nc(C3CC3)cc(C(=O)NCC(=O)N[C@@H](CC(C)C)C(=O)O)c12. The van der Waals surface area contributed by atoms with Gasteiger partial charge in [0.15, 0.2) is 0 Å². The van der Waals surface area contributed by atoms with E-state index >= 15 is 0 Å². The average molecular weight is 388 g/mol. The molecule has 0 unspecified atom stereocenters. The molecule has 1 saturated carbocycles. The largest absolute Gasteiger partial charge is 0.480 e. The van der Waals surface area contributed by atoms with Gasteiger partial charge < -0.3 is 20.3 Å². The molecule has 2 aromatic rings. The van der Waals surface area contributed by atoms with Crippen molar-refractivity contribution in [3.63, 3.8) is 0 Å². The molecule has 0 aromatic carbocycles. The topological polar surface area (TPSA) is 134 Å². The number of carbonyl (C=O) groups excluding carboxylic acids is 2. The van der Waals surface area contributed by atoms with Crippen molar-refractivity contribution in [2.75, 3.05) is 6.54 Å². The van der Waals surface area contributed by atoms with E-state index in [2.05, 4.69) is 20.8 Å². The van der Waals surface area contributed by atoms with Gasteiger partial charge in [0.25, 0.3) is 11.6 Å². The number of carboxylic acid groups (broad SMARTS) is 1. The van der Waals surface area contributed by atoms with Crippen molar-refractivity contribution in [3.05, 3.63) is 23.0 Å². The smallest absolute Gasteiger partial charge is 0.326 e. The molecule has 9 nitrogen and oxygen atoms in total. The van der Waals surface area contributed by atoms with Gasteiger partial charge in [-0.25, -0.2) is 9.78 Å². The van der Waals surface area contributed by atoms with Crippen LogP contribution in [0.2, 0.25) is 0 Å². The third-order valence-corrected chi connectivity index (χ3v) is 4.63. The number of hydrogen-bond acceptors (Lipinski definition) is 6. The minimum atomic E-state index is -1.10. The van der Waals surface area contributed by atoms with E-state index in [1.165, 1.54) is 0 Å². The quantitative estimate of drug-likeness (QED) is 0.627. The first-order valence-electron chi connectivity index (χ1n) is 9.33.